The van der Waals surface area contributed by atoms with Crippen LogP contribution in [0.4, 0.5) is 4.79 Å². The van der Waals surface area contributed by atoms with Crippen LogP contribution in [0.3, 0.4) is 0 Å². The zero-order chi connectivity index (χ0) is 15.5. The molecule has 0 spiro atoms. The molecule has 6 nitrogen and oxygen atoms in total. The standard InChI is InChI=1S/C14H20ClN3O3/c1-14(2,3)21-13(19)18-6-4-5-11(18)9-20-12-16-7-10(15)8-17-12/h7-8,11H,4-6,9H2,1-3H3/t11-/m1/s1. The van der Waals surface area contributed by atoms with Gasteiger partial charge < -0.3 is 14.4 Å². The van der Waals surface area contributed by atoms with Crippen LogP contribution in [0.2, 0.25) is 5.02 Å². The molecule has 2 heterocycles. The van der Waals surface area contributed by atoms with Gasteiger partial charge in [0, 0.05) is 6.54 Å². The van der Waals surface area contributed by atoms with Crippen LogP contribution in [0.15, 0.2) is 12.4 Å². The summed E-state index contributed by atoms with van der Waals surface area (Å²) in [4.78, 5) is 21.8. The Morgan fingerprint density at radius 2 is 2.10 bits per heavy atom. The third-order valence-electron chi connectivity index (χ3n) is 3.01. The summed E-state index contributed by atoms with van der Waals surface area (Å²) < 4.78 is 10.9. The number of carbonyl (C=O) groups excluding carboxylic acids is 1. The zero-order valence-corrected chi connectivity index (χ0v) is 13.3. The van der Waals surface area contributed by atoms with E-state index in [2.05, 4.69) is 9.97 Å². The van der Waals surface area contributed by atoms with Crippen molar-refractivity contribution in [2.45, 2.75) is 45.3 Å². The molecule has 2 rings (SSSR count). The van der Waals surface area contributed by atoms with Crippen LogP contribution in [0.25, 0.3) is 0 Å². The van der Waals surface area contributed by atoms with Gasteiger partial charge >= 0.3 is 12.1 Å². The highest BCUT2D eigenvalue weighted by Crippen LogP contribution is 2.21. The highest BCUT2D eigenvalue weighted by Gasteiger charge is 2.32. The average Bonchev–Trinajstić information content (AvgIpc) is 2.84. The minimum absolute atomic E-state index is 0.0147. The first kappa shape index (κ1) is 15.8. The Balaban J connectivity index is 1.90. The molecule has 1 aromatic rings. The van der Waals surface area contributed by atoms with Gasteiger partial charge in [-0.15, -0.1) is 0 Å². The highest BCUT2D eigenvalue weighted by molar-refractivity contribution is 6.30. The molecule has 21 heavy (non-hydrogen) atoms. The first-order valence-corrected chi connectivity index (χ1v) is 7.33. The van der Waals surface area contributed by atoms with Crippen molar-refractivity contribution in [3.63, 3.8) is 0 Å². The van der Waals surface area contributed by atoms with Crippen molar-refractivity contribution in [1.82, 2.24) is 14.9 Å². The van der Waals surface area contributed by atoms with Crippen molar-refractivity contribution in [1.29, 1.82) is 0 Å². The second-order valence-electron chi connectivity index (χ2n) is 5.96. The van der Waals surface area contributed by atoms with Gasteiger partial charge in [0.1, 0.15) is 12.2 Å². The van der Waals surface area contributed by atoms with Crippen molar-refractivity contribution >= 4 is 17.7 Å². The van der Waals surface area contributed by atoms with E-state index in [9.17, 15) is 4.79 Å². The smallest absolute Gasteiger partial charge is 0.410 e. The minimum Gasteiger partial charge on any atom is -0.461 e. The number of aromatic nitrogens is 2. The molecule has 0 saturated carbocycles. The third-order valence-corrected chi connectivity index (χ3v) is 3.20. The zero-order valence-electron chi connectivity index (χ0n) is 12.5. The van der Waals surface area contributed by atoms with Crippen molar-refractivity contribution in [2.75, 3.05) is 13.2 Å². The number of likely N-dealkylation sites (tertiary alicyclic amines) is 1. The lowest BCUT2D eigenvalue weighted by atomic mass is 10.2. The van der Waals surface area contributed by atoms with E-state index in [1.807, 2.05) is 20.8 Å². The lowest BCUT2D eigenvalue weighted by Crippen LogP contribution is -2.42. The van der Waals surface area contributed by atoms with Crippen LogP contribution in [-0.2, 0) is 4.74 Å². The quantitative estimate of drug-likeness (QED) is 0.858. The SMILES string of the molecule is CC(C)(C)OC(=O)N1CCC[C@@H]1COc1ncc(Cl)cn1. The Morgan fingerprint density at radius 3 is 2.71 bits per heavy atom. The van der Waals surface area contributed by atoms with Gasteiger partial charge in [0.05, 0.1) is 23.5 Å². The summed E-state index contributed by atoms with van der Waals surface area (Å²) in [6.07, 6.45) is 4.47. The largest absolute Gasteiger partial charge is 0.461 e. The molecule has 0 unspecified atom stereocenters. The van der Waals surface area contributed by atoms with E-state index in [4.69, 9.17) is 21.1 Å². The van der Waals surface area contributed by atoms with E-state index in [0.29, 0.717) is 18.2 Å². The molecule has 1 fully saturated rings. The average molecular weight is 314 g/mol. The van der Waals surface area contributed by atoms with Crippen molar-refractivity contribution in [3.8, 4) is 6.01 Å². The van der Waals surface area contributed by atoms with Crippen LogP contribution < -0.4 is 4.74 Å². The molecule has 0 bridgehead atoms. The maximum absolute atomic E-state index is 12.1. The Hall–Kier alpha value is -1.56. The maximum Gasteiger partial charge on any atom is 0.410 e. The number of carbonyl (C=O) groups is 1. The second-order valence-corrected chi connectivity index (χ2v) is 6.40. The molecule has 0 aliphatic carbocycles. The summed E-state index contributed by atoms with van der Waals surface area (Å²) in [6, 6.07) is 0.245. The van der Waals surface area contributed by atoms with E-state index >= 15 is 0 Å². The Kier molecular flexibility index (Phi) is 4.88. The van der Waals surface area contributed by atoms with E-state index in [0.717, 1.165) is 12.8 Å². The van der Waals surface area contributed by atoms with Gasteiger partial charge in [-0.25, -0.2) is 14.8 Å². The lowest BCUT2D eigenvalue weighted by molar-refractivity contribution is 0.0184. The monoisotopic (exact) mass is 313 g/mol. The summed E-state index contributed by atoms with van der Waals surface area (Å²) in [6.45, 7) is 6.60. The number of amides is 1. The summed E-state index contributed by atoms with van der Waals surface area (Å²) >= 11 is 5.72. The second kappa shape index (κ2) is 6.47. The normalized spacial score (nSPS) is 18.7. The summed E-state index contributed by atoms with van der Waals surface area (Å²) in [5, 5.41) is 0.457. The molecule has 7 heteroatoms. The summed E-state index contributed by atoms with van der Waals surface area (Å²) in [5.74, 6) is 0. The number of halogens is 1. The highest BCUT2D eigenvalue weighted by atomic mass is 35.5. The molecule has 1 saturated heterocycles. The molecule has 0 radical (unpaired) electrons. The van der Waals surface area contributed by atoms with Gasteiger partial charge in [-0.3, -0.25) is 0 Å². The lowest BCUT2D eigenvalue weighted by Gasteiger charge is -2.28. The van der Waals surface area contributed by atoms with Gasteiger partial charge in [0.15, 0.2) is 0 Å². The molecule has 1 amide bonds. The Morgan fingerprint density at radius 1 is 1.43 bits per heavy atom. The van der Waals surface area contributed by atoms with Crippen molar-refractivity contribution < 1.29 is 14.3 Å². The molecule has 116 valence electrons. The van der Waals surface area contributed by atoms with Gasteiger partial charge in [0.2, 0.25) is 0 Å². The molecule has 1 aromatic heterocycles. The number of hydrogen-bond donors (Lipinski definition) is 0. The number of rotatable bonds is 3. The fourth-order valence-corrected chi connectivity index (χ4v) is 2.21. The Bertz CT molecular complexity index is 487. The predicted octanol–water partition coefficient (Wildman–Crippen LogP) is 2.91. The summed E-state index contributed by atoms with van der Waals surface area (Å²) in [5.41, 5.74) is -0.496. The number of hydrogen-bond acceptors (Lipinski definition) is 5. The molecular weight excluding hydrogens is 294 g/mol. The van der Waals surface area contributed by atoms with Crippen LogP contribution >= 0.6 is 11.6 Å². The molecule has 1 aliphatic heterocycles. The third kappa shape index (κ3) is 4.74. The first-order valence-electron chi connectivity index (χ1n) is 6.95. The number of nitrogens with zero attached hydrogens (tertiary/aromatic N) is 3. The van der Waals surface area contributed by atoms with E-state index in [1.54, 1.807) is 4.90 Å². The van der Waals surface area contributed by atoms with Crippen LogP contribution in [0.5, 0.6) is 6.01 Å². The van der Waals surface area contributed by atoms with Gasteiger partial charge in [-0.05, 0) is 33.6 Å². The molecule has 1 aliphatic rings. The predicted molar refractivity (Wildman–Crippen MR) is 78.5 cm³/mol. The minimum atomic E-state index is -0.496. The first-order chi connectivity index (χ1) is 9.85. The van der Waals surface area contributed by atoms with Crippen LogP contribution in [0.1, 0.15) is 33.6 Å². The van der Waals surface area contributed by atoms with Crippen molar-refractivity contribution in [2.24, 2.45) is 0 Å². The van der Waals surface area contributed by atoms with Crippen LogP contribution in [-0.4, -0.2) is 45.8 Å². The number of ether oxygens (including phenoxy) is 2. The molecule has 0 aromatic carbocycles. The molecule has 1 atom stereocenters. The van der Waals surface area contributed by atoms with Gasteiger partial charge in [-0.2, -0.15) is 0 Å². The topological polar surface area (TPSA) is 64.5 Å². The fraction of sp³-hybridized carbons (Fsp3) is 0.643. The fourth-order valence-electron chi connectivity index (χ4n) is 2.12. The van der Waals surface area contributed by atoms with Gasteiger partial charge in [-0.1, -0.05) is 11.6 Å². The van der Waals surface area contributed by atoms with Crippen LogP contribution in [0, 0.1) is 0 Å². The molecular formula is C14H20ClN3O3. The Labute approximate surface area is 129 Å². The molecule has 0 N–H and O–H groups in total. The maximum atomic E-state index is 12.1. The summed E-state index contributed by atoms with van der Waals surface area (Å²) in [7, 11) is 0. The van der Waals surface area contributed by atoms with E-state index in [-0.39, 0.29) is 18.1 Å². The van der Waals surface area contributed by atoms with E-state index in [1.165, 1.54) is 12.4 Å². The van der Waals surface area contributed by atoms with Gasteiger partial charge in [0.25, 0.3) is 0 Å². The van der Waals surface area contributed by atoms with E-state index < -0.39 is 5.60 Å². The van der Waals surface area contributed by atoms with Crippen molar-refractivity contribution in [3.05, 3.63) is 17.4 Å².